The van der Waals surface area contributed by atoms with Crippen LogP contribution in [0.3, 0.4) is 0 Å². The number of ether oxygens (including phenoxy) is 2. The molecule has 1 heterocycles. The molecule has 3 heteroatoms. The molecule has 3 nitrogen and oxygen atoms in total. The predicted octanol–water partition coefficient (Wildman–Crippen LogP) is 2.45. The van der Waals surface area contributed by atoms with Crippen LogP contribution < -0.4 is 10.1 Å². The molecule has 1 aliphatic heterocycles. The van der Waals surface area contributed by atoms with Gasteiger partial charge in [-0.3, -0.25) is 0 Å². The van der Waals surface area contributed by atoms with Gasteiger partial charge in [0.05, 0.1) is 18.8 Å². The van der Waals surface area contributed by atoms with Crippen LogP contribution in [0.15, 0.2) is 18.2 Å². The molecule has 1 aromatic rings. The van der Waals surface area contributed by atoms with Crippen molar-refractivity contribution in [2.75, 3.05) is 13.7 Å². The Morgan fingerprint density at radius 2 is 2.22 bits per heavy atom. The fraction of sp³-hybridized carbons (Fsp3) is 0.600. The lowest BCUT2D eigenvalue weighted by atomic mass is 9.83. The number of methoxy groups -OCH3 is 1. The van der Waals surface area contributed by atoms with E-state index in [0.29, 0.717) is 6.04 Å². The number of nitrogens with one attached hydrogen (secondary N) is 1. The zero-order chi connectivity index (χ0) is 12.8. The summed E-state index contributed by atoms with van der Waals surface area (Å²) in [6.45, 7) is 5.21. The molecule has 2 unspecified atom stereocenters. The van der Waals surface area contributed by atoms with Crippen LogP contribution in [0, 0.1) is 0 Å². The summed E-state index contributed by atoms with van der Waals surface area (Å²) in [4.78, 5) is 0. The van der Waals surface area contributed by atoms with Crippen molar-refractivity contribution in [3.05, 3.63) is 29.3 Å². The van der Waals surface area contributed by atoms with Gasteiger partial charge in [0.2, 0.25) is 0 Å². The summed E-state index contributed by atoms with van der Waals surface area (Å²) in [5, 5.41) is 3.62. The summed E-state index contributed by atoms with van der Waals surface area (Å²) >= 11 is 0. The SMILES string of the molecule is COc1ccc2c(c1)C1OC(C)(C)CNC1CC2. The summed E-state index contributed by atoms with van der Waals surface area (Å²) < 4.78 is 11.6. The molecule has 2 aliphatic rings. The summed E-state index contributed by atoms with van der Waals surface area (Å²) in [5.74, 6) is 0.918. The Bertz CT molecular complexity index is 456. The van der Waals surface area contributed by atoms with E-state index in [1.165, 1.54) is 11.1 Å². The van der Waals surface area contributed by atoms with E-state index in [2.05, 4.69) is 31.3 Å². The molecule has 0 aromatic heterocycles. The Labute approximate surface area is 108 Å². The first-order valence-electron chi connectivity index (χ1n) is 6.67. The standard InChI is InChI=1S/C15H21NO2/c1-15(2)9-16-13-7-5-10-4-6-11(17-3)8-12(10)14(13)18-15/h4,6,8,13-14,16H,5,7,9H2,1-3H3. The first-order chi connectivity index (χ1) is 8.59. The molecule has 0 saturated carbocycles. The van der Waals surface area contributed by atoms with Gasteiger partial charge in [-0.15, -0.1) is 0 Å². The maximum Gasteiger partial charge on any atom is 0.119 e. The van der Waals surface area contributed by atoms with Gasteiger partial charge >= 0.3 is 0 Å². The monoisotopic (exact) mass is 247 g/mol. The molecule has 1 aromatic carbocycles. The van der Waals surface area contributed by atoms with E-state index >= 15 is 0 Å². The number of hydrogen-bond donors (Lipinski definition) is 1. The molecule has 1 N–H and O–H groups in total. The lowest BCUT2D eigenvalue weighted by Crippen LogP contribution is -2.54. The van der Waals surface area contributed by atoms with Gasteiger partial charge in [-0.25, -0.2) is 0 Å². The fourth-order valence-electron chi connectivity index (χ4n) is 2.99. The molecule has 18 heavy (non-hydrogen) atoms. The average molecular weight is 247 g/mol. The molecule has 0 radical (unpaired) electrons. The van der Waals surface area contributed by atoms with Crippen LogP contribution in [0.2, 0.25) is 0 Å². The topological polar surface area (TPSA) is 30.5 Å². The highest BCUT2D eigenvalue weighted by atomic mass is 16.5. The Morgan fingerprint density at radius 1 is 1.39 bits per heavy atom. The molecule has 0 bridgehead atoms. The Balaban J connectivity index is 1.98. The molecule has 0 amide bonds. The second-order valence-corrected chi connectivity index (χ2v) is 5.89. The highest BCUT2D eigenvalue weighted by Gasteiger charge is 2.39. The van der Waals surface area contributed by atoms with E-state index in [4.69, 9.17) is 9.47 Å². The Hall–Kier alpha value is -1.06. The predicted molar refractivity (Wildman–Crippen MR) is 71.0 cm³/mol. The van der Waals surface area contributed by atoms with Gasteiger partial charge in [0.15, 0.2) is 0 Å². The number of fused-ring (bicyclic) bond motifs is 3. The van der Waals surface area contributed by atoms with Gasteiger partial charge in [-0.1, -0.05) is 6.07 Å². The van der Waals surface area contributed by atoms with E-state index < -0.39 is 0 Å². The van der Waals surface area contributed by atoms with Crippen molar-refractivity contribution in [3.63, 3.8) is 0 Å². The normalized spacial score (nSPS) is 29.3. The van der Waals surface area contributed by atoms with Crippen molar-refractivity contribution in [1.29, 1.82) is 0 Å². The average Bonchev–Trinajstić information content (AvgIpc) is 2.37. The van der Waals surface area contributed by atoms with Gasteiger partial charge < -0.3 is 14.8 Å². The molecule has 0 spiro atoms. The summed E-state index contributed by atoms with van der Waals surface area (Å²) in [6.07, 6.45) is 2.43. The minimum atomic E-state index is -0.0984. The van der Waals surface area contributed by atoms with Crippen molar-refractivity contribution in [2.45, 2.75) is 44.4 Å². The van der Waals surface area contributed by atoms with Crippen molar-refractivity contribution in [2.24, 2.45) is 0 Å². The highest BCUT2D eigenvalue weighted by Crippen LogP contribution is 2.39. The molecule has 2 atom stereocenters. The summed E-state index contributed by atoms with van der Waals surface area (Å²) in [5.41, 5.74) is 2.60. The van der Waals surface area contributed by atoms with Crippen LogP contribution in [-0.2, 0) is 11.2 Å². The first-order valence-corrected chi connectivity index (χ1v) is 6.67. The maximum atomic E-state index is 6.29. The number of aryl methyl sites for hydroxylation is 1. The van der Waals surface area contributed by atoms with Gasteiger partial charge in [0.25, 0.3) is 0 Å². The third kappa shape index (κ3) is 2.02. The smallest absolute Gasteiger partial charge is 0.119 e. The Morgan fingerprint density at radius 3 is 3.00 bits per heavy atom. The molecular weight excluding hydrogens is 226 g/mol. The van der Waals surface area contributed by atoms with E-state index in [1.54, 1.807) is 7.11 Å². The highest BCUT2D eigenvalue weighted by molar-refractivity contribution is 5.40. The van der Waals surface area contributed by atoms with Crippen LogP contribution in [0.4, 0.5) is 0 Å². The molecule has 3 rings (SSSR count). The third-order valence-electron chi connectivity index (χ3n) is 3.99. The second kappa shape index (κ2) is 4.25. The zero-order valence-electron chi connectivity index (χ0n) is 11.3. The van der Waals surface area contributed by atoms with Crippen molar-refractivity contribution < 1.29 is 9.47 Å². The molecule has 1 saturated heterocycles. The second-order valence-electron chi connectivity index (χ2n) is 5.89. The molecular formula is C15H21NO2. The van der Waals surface area contributed by atoms with Gasteiger partial charge in [-0.2, -0.15) is 0 Å². The lowest BCUT2D eigenvalue weighted by Gasteiger charge is -2.45. The van der Waals surface area contributed by atoms with E-state index in [9.17, 15) is 0 Å². The van der Waals surface area contributed by atoms with Gasteiger partial charge in [0.1, 0.15) is 5.75 Å². The third-order valence-corrected chi connectivity index (χ3v) is 3.99. The zero-order valence-corrected chi connectivity index (χ0v) is 11.3. The van der Waals surface area contributed by atoms with E-state index in [0.717, 1.165) is 25.1 Å². The van der Waals surface area contributed by atoms with Crippen LogP contribution >= 0.6 is 0 Å². The minimum Gasteiger partial charge on any atom is -0.497 e. The number of hydrogen-bond acceptors (Lipinski definition) is 3. The van der Waals surface area contributed by atoms with Crippen LogP contribution in [0.1, 0.15) is 37.5 Å². The number of morpholine rings is 1. The van der Waals surface area contributed by atoms with E-state index in [1.807, 2.05) is 6.07 Å². The lowest BCUT2D eigenvalue weighted by molar-refractivity contribution is -0.122. The van der Waals surface area contributed by atoms with Crippen LogP contribution in [0.25, 0.3) is 0 Å². The molecule has 1 fully saturated rings. The van der Waals surface area contributed by atoms with Gasteiger partial charge in [-0.05, 0) is 49.9 Å². The fourth-order valence-corrected chi connectivity index (χ4v) is 2.99. The van der Waals surface area contributed by atoms with Crippen molar-refractivity contribution >= 4 is 0 Å². The maximum absolute atomic E-state index is 6.29. The molecule has 98 valence electrons. The summed E-state index contributed by atoms with van der Waals surface area (Å²) in [6, 6.07) is 6.79. The summed E-state index contributed by atoms with van der Waals surface area (Å²) in [7, 11) is 1.71. The number of rotatable bonds is 1. The van der Waals surface area contributed by atoms with E-state index in [-0.39, 0.29) is 11.7 Å². The minimum absolute atomic E-state index is 0.0984. The van der Waals surface area contributed by atoms with Crippen LogP contribution in [0.5, 0.6) is 5.75 Å². The Kier molecular flexibility index (Phi) is 2.83. The van der Waals surface area contributed by atoms with Crippen molar-refractivity contribution in [1.82, 2.24) is 5.32 Å². The van der Waals surface area contributed by atoms with Gasteiger partial charge in [0, 0.05) is 12.6 Å². The largest absolute Gasteiger partial charge is 0.497 e. The van der Waals surface area contributed by atoms with Crippen LogP contribution in [-0.4, -0.2) is 25.3 Å². The molecule has 1 aliphatic carbocycles. The first kappa shape index (κ1) is 12.0. The quantitative estimate of drug-likeness (QED) is 0.827. The number of benzene rings is 1. The van der Waals surface area contributed by atoms with Crippen molar-refractivity contribution in [3.8, 4) is 5.75 Å².